The fourth-order valence-electron chi connectivity index (χ4n) is 4.46. The van der Waals surface area contributed by atoms with Crippen LogP contribution in [0.4, 0.5) is 17.6 Å². The van der Waals surface area contributed by atoms with Crippen LogP contribution in [-0.4, -0.2) is 41.3 Å². The summed E-state index contributed by atoms with van der Waals surface area (Å²) in [5.74, 6) is 3.21. The van der Waals surface area contributed by atoms with E-state index in [9.17, 15) is 0 Å². The molecule has 3 heterocycles. The number of hydrogen-bond acceptors (Lipinski definition) is 5. The van der Waals surface area contributed by atoms with E-state index in [1.54, 1.807) is 0 Å². The van der Waals surface area contributed by atoms with Crippen molar-refractivity contribution in [1.82, 2.24) is 15.3 Å². The van der Waals surface area contributed by atoms with Gasteiger partial charge in [0.15, 0.2) is 5.11 Å². The Kier molecular flexibility index (Phi) is 8.03. The third kappa shape index (κ3) is 6.23. The lowest BCUT2D eigenvalue weighted by Gasteiger charge is -2.33. The Labute approximate surface area is 201 Å². The van der Waals surface area contributed by atoms with Crippen molar-refractivity contribution in [2.75, 3.05) is 41.3 Å². The van der Waals surface area contributed by atoms with Gasteiger partial charge in [-0.2, -0.15) is 9.97 Å². The number of thiocarbonyl (C=S) groups is 1. The summed E-state index contributed by atoms with van der Waals surface area (Å²) in [5.41, 5.74) is 1.00. The van der Waals surface area contributed by atoms with Crippen LogP contribution in [0.2, 0.25) is 5.02 Å². The van der Waals surface area contributed by atoms with Gasteiger partial charge in [0, 0.05) is 43.8 Å². The number of nitrogens with one attached hydrogen (secondary N) is 2. The van der Waals surface area contributed by atoms with E-state index in [0.717, 1.165) is 48.4 Å². The molecule has 6 nitrogen and oxygen atoms in total. The van der Waals surface area contributed by atoms with Gasteiger partial charge in [-0.1, -0.05) is 49.6 Å². The monoisotopic (exact) mass is 472 g/mol. The van der Waals surface area contributed by atoms with Crippen molar-refractivity contribution in [3.63, 3.8) is 0 Å². The molecule has 172 valence electrons. The molecule has 32 heavy (non-hydrogen) atoms. The van der Waals surface area contributed by atoms with Crippen LogP contribution in [0.3, 0.4) is 0 Å². The molecule has 1 aromatic heterocycles. The Morgan fingerprint density at radius 3 is 2.44 bits per heavy atom. The SMILES string of the molecule is CC1CCCN(c2cc(N3CCCCCC3)nc(NC(=S)NCc3ccccc3Cl)n2)C1. The molecule has 0 aliphatic carbocycles. The average Bonchev–Trinajstić information content (AvgIpc) is 3.08. The van der Waals surface area contributed by atoms with Crippen LogP contribution < -0.4 is 20.4 Å². The average molecular weight is 473 g/mol. The smallest absolute Gasteiger partial charge is 0.232 e. The van der Waals surface area contributed by atoms with Gasteiger partial charge >= 0.3 is 0 Å². The van der Waals surface area contributed by atoms with Gasteiger partial charge in [0.25, 0.3) is 0 Å². The highest BCUT2D eigenvalue weighted by Crippen LogP contribution is 2.27. The molecule has 8 heteroatoms. The van der Waals surface area contributed by atoms with Gasteiger partial charge in [0.2, 0.25) is 5.95 Å². The fourth-order valence-corrected chi connectivity index (χ4v) is 4.83. The zero-order chi connectivity index (χ0) is 22.3. The summed E-state index contributed by atoms with van der Waals surface area (Å²) in [6.45, 7) is 7.02. The molecule has 2 saturated heterocycles. The van der Waals surface area contributed by atoms with E-state index in [1.165, 1.54) is 38.5 Å². The van der Waals surface area contributed by atoms with Crippen molar-refractivity contribution in [3.8, 4) is 0 Å². The summed E-state index contributed by atoms with van der Waals surface area (Å²) in [6.07, 6.45) is 7.48. The van der Waals surface area contributed by atoms with E-state index in [1.807, 2.05) is 24.3 Å². The Balaban J connectivity index is 1.51. The molecule has 2 aromatic rings. The number of hydrogen-bond donors (Lipinski definition) is 2. The number of halogens is 1. The second kappa shape index (κ2) is 11.1. The number of rotatable bonds is 5. The van der Waals surface area contributed by atoms with Crippen LogP contribution >= 0.6 is 23.8 Å². The largest absolute Gasteiger partial charge is 0.358 e. The zero-order valence-electron chi connectivity index (χ0n) is 18.8. The molecule has 0 spiro atoms. The van der Waals surface area contributed by atoms with E-state index in [4.69, 9.17) is 33.8 Å². The highest BCUT2D eigenvalue weighted by Gasteiger charge is 2.21. The molecule has 0 radical (unpaired) electrons. The van der Waals surface area contributed by atoms with Gasteiger partial charge < -0.3 is 20.4 Å². The lowest BCUT2D eigenvalue weighted by Crippen LogP contribution is -2.36. The highest BCUT2D eigenvalue weighted by atomic mass is 35.5. The Morgan fingerprint density at radius 1 is 1.03 bits per heavy atom. The normalized spacial score (nSPS) is 19.4. The zero-order valence-corrected chi connectivity index (χ0v) is 20.4. The lowest BCUT2D eigenvalue weighted by atomic mass is 10.0. The molecule has 0 amide bonds. The predicted molar refractivity (Wildman–Crippen MR) is 138 cm³/mol. The van der Waals surface area contributed by atoms with Gasteiger partial charge in [-0.25, -0.2) is 0 Å². The second-order valence-electron chi connectivity index (χ2n) is 8.90. The van der Waals surface area contributed by atoms with E-state index in [-0.39, 0.29) is 0 Å². The molecule has 2 fully saturated rings. The number of anilines is 3. The van der Waals surface area contributed by atoms with E-state index >= 15 is 0 Å². The van der Waals surface area contributed by atoms with Gasteiger partial charge in [0.05, 0.1) is 0 Å². The molecule has 0 bridgehead atoms. The number of nitrogens with zero attached hydrogens (tertiary/aromatic N) is 4. The second-order valence-corrected chi connectivity index (χ2v) is 9.72. The van der Waals surface area contributed by atoms with Crippen molar-refractivity contribution in [2.24, 2.45) is 5.92 Å². The van der Waals surface area contributed by atoms with Crippen LogP contribution in [-0.2, 0) is 6.54 Å². The number of aromatic nitrogens is 2. The van der Waals surface area contributed by atoms with E-state index in [0.29, 0.717) is 23.5 Å². The first kappa shape index (κ1) is 23.1. The maximum Gasteiger partial charge on any atom is 0.232 e. The van der Waals surface area contributed by atoms with Gasteiger partial charge in [-0.15, -0.1) is 0 Å². The maximum absolute atomic E-state index is 6.27. The first-order valence-electron chi connectivity index (χ1n) is 11.8. The molecule has 4 rings (SSSR count). The number of piperidine rings is 1. The van der Waals surface area contributed by atoms with Crippen molar-refractivity contribution < 1.29 is 0 Å². The van der Waals surface area contributed by atoms with Crippen LogP contribution in [0.1, 0.15) is 51.0 Å². The molecule has 2 aliphatic rings. The first-order valence-corrected chi connectivity index (χ1v) is 12.5. The van der Waals surface area contributed by atoms with Crippen molar-refractivity contribution in [3.05, 3.63) is 40.9 Å². The quantitative estimate of drug-likeness (QED) is 0.577. The Morgan fingerprint density at radius 2 is 1.72 bits per heavy atom. The van der Waals surface area contributed by atoms with Gasteiger partial charge in [-0.3, -0.25) is 0 Å². The van der Waals surface area contributed by atoms with Crippen LogP contribution in [0, 0.1) is 5.92 Å². The maximum atomic E-state index is 6.27. The summed E-state index contributed by atoms with van der Waals surface area (Å²) in [7, 11) is 0. The molecular weight excluding hydrogens is 440 g/mol. The fraction of sp³-hybridized carbons (Fsp3) is 0.542. The van der Waals surface area contributed by atoms with Crippen molar-refractivity contribution in [1.29, 1.82) is 0 Å². The Bertz CT molecular complexity index is 895. The minimum Gasteiger partial charge on any atom is -0.358 e. The first-order chi connectivity index (χ1) is 15.6. The minimum atomic E-state index is 0.496. The third-order valence-corrected chi connectivity index (χ3v) is 6.85. The molecule has 1 unspecified atom stereocenters. The molecule has 1 atom stereocenters. The predicted octanol–water partition coefficient (Wildman–Crippen LogP) is 5.23. The lowest BCUT2D eigenvalue weighted by molar-refractivity contribution is 0.444. The van der Waals surface area contributed by atoms with Gasteiger partial charge in [0.1, 0.15) is 11.6 Å². The summed E-state index contributed by atoms with van der Waals surface area (Å²) in [5, 5.41) is 7.67. The van der Waals surface area contributed by atoms with Crippen LogP contribution in [0.25, 0.3) is 0 Å². The molecule has 2 aliphatic heterocycles. The molecule has 2 N–H and O–H groups in total. The highest BCUT2D eigenvalue weighted by molar-refractivity contribution is 7.80. The topological polar surface area (TPSA) is 56.3 Å². The standard InChI is InChI=1S/C24H33ClN6S/c1-18-9-8-14-31(17-18)22-15-21(30-12-6-2-3-7-13-30)27-23(28-22)29-24(32)26-16-19-10-4-5-11-20(19)25/h4-5,10-11,15,18H,2-3,6-9,12-14,16-17H2,1H3,(H2,26,27,28,29,32). The summed E-state index contributed by atoms with van der Waals surface area (Å²) < 4.78 is 0. The summed E-state index contributed by atoms with van der Waals surface area (Å²) >= 11 is 11.8. The van der Waals surface area contributed by atoms with Crippen LogP contribution in [0.15, 0.2) is 30.3 Å². The summed E-state index contributed by atoms with van der Waals surface area (Å²) in [6, 6.07) is 9.93. The molecular formula is C24H33ClN6S. The van der Waals surface area contributed by atoms with Crippen molar-refractivity contribution >= 4 is 46.5 Å². The minimum absolute atomic E-state index is 0.496. The van der Waals surface area contributed by atoms with Gasteiger partial charge in [-0.05, 0) is 55.4 Å². The summed E-state index contributed by atoms with van der Waals surface area (Å²) in [4.78, 5) is 14.5. The van der Waals surface area contributed by atoms with E-state index in [2.05, 4.69) is 33.4 Å². The third-order valence-electron chi connectivity index (χ3n) is 6.23. The van der Waals surface area contributed by atoms with Crippen LogP contribution in [0.5, 0.6) is 0 Å². The molecule has 0 saturated carbocycles. The van der Waals surface area contributed by atoms with Crippen molar-refractivity contribution in [2.45, 2.75) is 52.0 Å². The number of benzene rings is 1. The molecule has 1 aromatic carbocycles. The van der Waals surface area contributed by atoms with E-state index < -0.39 is 0 Å². The Hall–Kier alpha value is -2.12.